The number of phenols is 1. The van der Waals surface area contributed by atoms with Crippen LogP contribution in [0.25, 0.3) is 0 Å². The summed E-state index contributed by atoms with van der Waals surface area (Å²) in [6.07, 6.45) is 2.15. The Labute approximate surface area is 133 Å². The second kappa shape index (κ2) is 6.28. The average molecular weight is 318 g/mol. The molecule has 0 amide bonds. The van der Waals surface area contributed by atoms with E-state index in [1.54, 1.807) is 30.3 Å². The van der Waals surface area contributed by atoms with Crippen molar-refractivity contribution in [2.75, 3.05) is 18.0 Å². The van der Waals surface area contributed by atoms with Gasteiger partial charge in [-0.15, -0.1) is 0 Å². The molecule has 5 heteroatoms. The Hall–Kier alpha value is -2.20. The Kier molecular flexibility index (Phi) is 4.20. The minimum Gasteiger partial charge on any atom is -0.503 e. The third kappa shape index (κ3) is 3.02. The van der Waals surface area contributed by atoms with Crippen molar-refractivity contribution in [1.29, 1.82) is 0 Å². The quantitative estimate of drug-likeness (QED) is 0.689. The molecule has 0 spiro atoms. The fraction of sp³-hybridized carbons (Fsp3) is 0.235. The third-order valence-electron chi connectivity index (χ3n) is 3.68. The molecule has 1 heterocycles. The average Bonchev–Trinajstić information content (AvgIpc) is 3.05. The maximum atomic E-state index is 12.1. The summed E-state index contributed by atoms with van der Waals surface area (Å²) in [5, 5.41) is 10.8. The monoisotopic (exact) mass is 317 g/mol. The van der Waals surface area contributed by atoms with Crippen LogP contribution >= 0.6 is 11.6 Å². The molecule has 1 N–H and O–H groups in total. The minimum atomic E-state index is -0.523. The summed E-state index contributed by atoms with van der Waals surface area (Å²) in [4.78, 5) is 14.2. The first kappa shape index (κ1) is 14.7. The zero-order chi connectivity index (χ0) is 15.5. The van der Waals surface area contributed by atoms with Crippen molar-refractivity contribution >= 4 is 23.3 Å². The fourth-order valence-electron chi connectivity index (χ4n) is 2.57. The predicted octanol–water partition coefficient (Wildman–Crippen LogP) is 3.87. The van der Waals surface area contributed by atoms with E-state index in [2.05, 4.69) is 0 Å². The van der Waals surface area contributed by atoms with E-state index < -0.39 is 5.97 Å². The Morgan fingerprint density at radius 1 is 1.14 bits per heavy atom. The molecule has 1 fully saturated rings. The van der Waals surface area contributed by atoms with Gasteiger partial charge in [0.05, 0.1) is 11.3 Å². The van der Waals surface area contributed by atoms with Crippen molar-refractivity contribution in [3.05, 3.63) is 53.1 Å². The van der Waals surface area contributed by atoms with Crippen LogP contribution in [-0.2, 0) is 0 Å². The maximum absolute atomic E-state index is 12.1. The second-order valence-electron chi connectivity index (χ2n) is 5.22. The van der Waals surface area contributed by atoms with E-state index in [1.165, 1.54) is 6.07 Å². The number of hydrogen-bond donors (Lipinski definition) is 1. The van der Waals surface area contributed by atoms with Gasteiger partial charge in [-0.1, -0.05) is 29.8 Å². The van der Waals surface area contributed by atoms with Gasteiger partial charge in [0.25, 0.3) is 0 Å². The molecule has 1 aliphatic heterocycles. The van der Waals surface area contributed by atoms with Gasteiger partial charge in [-0.05, 0) is 31.0 Å². The Morgan fingerprint density at radius 2 is 1.82 bits per heavy atom. The number of hydrogen-bond acceptors (Lipinski definition) is 4. The molecular weight excluding hydrogens is 302 g/mol. The topological polar surface area (TPSA) is 49.8 Å². The number of nitrogens with zero attached hydrogens (tertiary/aromatic N) is 1. The summed E-state index contributed by atoms with van der Waals surface area (Å²) in [6.45, 7) is 1.72. The van der Waals surface area contributed by atoms with Crippen LogP contribution in [0.2, 0.25) is 5.02 Å². The van der Waals surface area contributed by atoms with Crippen LogP contribution < -0.4 is 9.64 Å². The van der Waals surface area contributed by atoms with Crippen LogP contribution in [-0.4, -0.2) is 24.2 Å². The first-order valence-corrected chi connectivity index (χ1v) is 7.57. The highest BCUT2D eigenvalue weighted by Gasteiger charge is 2.21. The van der Waals surface area contributed by atoms with E-state index in [4.69, 9.17) is 16.3 Å². The molecular formula is C17H16ClNO3. The summed E-state index contributed by atoms with van der Waals surface area (Å²) >= 11 is 6.10. The van der Waals surface area contributed by atoms with Crippen LogP contribution in [0.15, 0.2) is 42.5 Å². The first-order chi connectivity index (χ1) is 10.6. The number of esters is 1. The SMILES string of the molecule is O=C(Oc1cc(Cl)cc(N2CCCC2)c1O)c1ccccc1. The molecule has 114 valence electrons. The van der Waals surface area contributed by atoms with Crippen molar-refractivity contribution in [2.45, 2.75) is 12.8 Å². The van der Waals surface area contributed by atoms with Crippen LogP contribution in [0.3, 0.4) is 0 Å². The summed E-state index contributed by atoms with van der Waals surface area (Å²) < 4.78 is 5.31. The Balaban J connectivity index is 1.89. The van der Waals surface area contributed by atoms with Crippen LogP contribution in [0.5, 0.6) is 11.5 Å². The van der Waals surface area contributed by atoms with E-state index >= 15 is 0 Å². The van der Waals surface area contributed by atoms with Crippen molar-refractivity contribution in [2.24, 2.45) is 0 Å². The lowest BCUT2D eigenvalue weighted by molar-refractivity contribution is 0.0730. The number of carbonyl (C=O) groups excluding carboxylic acids is 1. The van der Waals surface area contributed by atoms with Gasteiger partial charge in [-0.3, -0.25) is 0 Å². The molecule has 0 saturated carbocycles. The van der Waals surface area contributed by atoms with Gasteiger partial charge in [0.2, 0.25) is 0 Å². The Morgan fingerprint density at radius 3 is 2.50 bits per heavy atom. The fourth-order valence-corrected chi connectivity index (χ4v) is 2.77. The normalized spacial score (nSPS) is 14.1. The van der Waals surface area contributed by atoms with Gasteiger partial charge < -0.3 is 14.7 Å². The number of halogens is 1. The minimum absolute atomic E-state index is 0.0458. The van der Waals surface area contributed by atoms with Gasteiger partial charge in [0.15, 0.2) is 11.5 Å². The van der Waals surface area contributed by atoms with Crippen molar-refractivity contribution in [3.63, 3.8) is 0 Å². The summed E-state index contributed by atoms with van der Waals surface area (Å²) in [6, 6.07) is 11.8. The lowest BCUT2D eigenvalue weighted by Gasteiger charge is -2.20. The Bertz CT molecular complexity index is 682. The zero-order valence-corrected chi connectivity index (χ0v) is 12.7. The summed E-state index contributed by atoms with van der Waals surface area (Å²) in [5.74, 6) is -0.482. The number of carbonyl (C=O) groups is 1. The van der Waals surface area contributed by atoms with E-state index in [-0.39, 0.29) is 11.5 Å². The number of benzene rings is 2. The lowest BCUT2D eigenvalue weighted by atomic mass is 10.2. The van der Waals surface area contributed by atoms with Crippen molar-refractivity contribution < 1.29 is 14.6 Å². The standard InChI is InChI=1S/C17H16ClNO3/c18-13-10-14(19-8-4-5-9-19)16(20)15(11-13)22-17(21)12-6-2-1-3-7-12/h1-3,6-7,10-11,20H,4-5,8-9H2. The van der Waals surface area contributed by atoms with E-state index in [9.17, 15) is 9.90 Å². The molecule has 0 unspecified atom stereocenters. The number of ether oxygens (including phenoxy) is 1. The van der Waals surface area contributed by atoms with Gasteiger partial charge in [0, 0.05) is 24.2 Å². The molecule has 0 aliphatic carbocycles. The first-order valence-electron chi connectivity index (χ1n) is 7.20. The van der Waals surface area contributed by atoms with Crippen LogP contribution in [0.4, 0.5) is 5.69 Å². The molecule has 22 heavy (non-hydrogen) atoms. The largest absolute Gasteiger partial charge is 0.503 e. The van der Waals surface area contributed by atoms with E-state index in [0.29, 0.717) is 16.3 Å². The van der Waals surface area contributed by atoms with E-state index in [1.807, 2.05) is 11.0 Å². The molecule has 0 atom stereocenters. The molecule has 4 nitrogen and oxygen atoms in total. The van der Waals surface area contributed by atoms with Crippen molar-refractivity contribution in [1.82, 2.24) is 0 Å². The molecule has 1 aliphatic rings. The van der Waals surface area contributed by atoms with Gasteiger partial charge in [0.1, 0.15) is 0 Å². The third-order valence-corrected chi connectivity index (χ3v) is 3.90. The number of aromatic hydroxyl groups is 1. The van der Waals surface area contributed by atoms with Crippen LogP contribution in [0, 0.1) is 0 Å². The van der Waals surface area contributed by atoms with Gasteiger partial charge >= 0.3 is 5.97 Å². The smallest absolute Gasteiger partial charge is 0.343 e. The molecule has 1 saturated heterocycles. The number of anilines is 1. The summed E-state index contributed by atoms with van der Waals surface area (Å²) in [5.41, 5.74) is 1.03. The predicted molar refractivity (Wildman–Crippen MR) is 86.0 cm³/mol. The summed E-state index contributed by atoms with van der Waals surface area (Å²) in [7, 11) is 0. The molecule has 0 bridgehead atoms. The van der Waals surface area contributed by atoms with Gasteiger partial charge in [-0.2, -0.15) is 0 Å². The van der Waals surface area contributed by atoms with E-state index in [0.717, 1.165) is 25.9 Å². The van der Waals surface area contributed by atoms with Crippen LogP contribution in [0.1, 0.15) is 23.2 Å². The highest BCUT2D eigenvalue weighted by atomic mass is 35.5. The highest BCUT2D eigenvalue weighted by molar-refractivity contribution is 6.31. The maximum Gasteiger partial charge on any atom is 0.343 e. The molecule has 2 aromatic carbocycles. The zero-order valence-electron chi connectivity index (χ0n) is 12.0. The van der Waals surface area contributed by atoms with Crippen molar-refractivity contribution in [3.8, 4) is 11.5 Å². The van der Waals surface area contributed by atoms with Gasteiger partial charge in [-0.25, -0.2) is 4.79 Å². The molecule has 0 aromatic heterocycles. The molecule has 0 radical (unpaired) electrons. The molecule has 3 rings (SSSR count). The second-order valence-corrected chi connectivity index (χ2v) is 5.66. The lowest BCUT2D eigenvalue weighted by Crippen LogP contribution is -2.18. The number of rotatable bonds is 3. The highest BCUT2D eigenvalue weighted by Crippen LogP contribution is 2.41. The molecule has 2 aromatic rings. The number of phenolic OH excluding ortho intramolecular Hbond substituents is 1.